The topological polar surface area (TPSA) is 55.4 Å². The van der Waals surface area contributed by atoms with Crippen LogP contribution in [-0.4, -0.2) is 32.0 Å². The van der Waals surface area contributed by atoms with Crippen molar-refractivity contribution in [2.45, 2.75) is 0 Å². The molecule has 5 heteroatoms. The van der Waals surface area contributed by atoms with Gasteiger partial charge in [-0.2, -0.15) is 0 Å². The minimum Gasteiger partial charge on any atom is -0.461 e. The van der Waals surface area contributed by atoms with E-state index in [0.29, 0.717) is 23.2 Å². The predicted molar refractivity (Wildman–Crippen MR) is 87.8 cm³/mol. The Hall–Kier alpha value is -2.17. The molecular formula is C17H18ClNO3. The summed E-state index contributed by atoms with van der Waals surface area (Å²) in [6.07, 6.45) is 0. The second-order valence-electron chi connectivity index (χ2n) is 4.48. The first kappa shape index (κ1) is 17.9. The molecule has 0 bridgehead atoms. The van der Waals surface area contributed by atoms with Crippen molar-refractivity contribution in [3.05, 3.63) is 71.3 Å². The van der Waals surface area contributed by atoms with Gasteiger partial charge in [0.15, 0.2) is 5.78 Å². The van der Waals surface area contributed by atoms with Crippen LogP contribution in [0.1, 0.15) is 26.3 Å². The minimum atomic E-state index is -0.481. The average molecular weight is 320 g/mol. The van der Waals surface area contributed by atoms with Crippen LogP contribution in [-0.2, 0) is 4.74 Å². The second-order valence-corrected chi connectivity index (χ2v) is 4.48. The number of halogens is 1. The number of hydrogen-bond donors (Lipinski definition) is 1. The van der Waals surface area contributed by atoms with Crippen molar-refractivity contribution in [2.75, 3.05) is 20.2 Å². The first-order valence-corrected chi connectivity index (χ1v) is 6.74. The Morgan fingerprint density at radius 1 is 0.955 bits per heavy atom. The van der Waals surface area contributed by atoms with Crippen molar-refractivity contribution >= 4 is 24.2 Å². The molecule has 2 rings (SSSR count). The number of likely N-dealkylation sites (N-methyl/N-ethyl adjacent to an activating group) is 1. The van der Waals surface area contributed by atoms with Crippen molar-refractivity contribution in [1.82, 2.24) is 5.32 Å². The van der Waals surface area contributed by atoms with Crippen molar-refractivity contribution in [1.29, 1.82) is 0 Å². The van der Waals surface area contributed by atoms with Gasteiger partial charge in [0.05, 0.1) is 5.56 Å². The molecule has 0 aliphatic heterocycles. The first-order chi connectivity index (χ1) is 10.2. The Labute approximate surface area is 135 Å². The third-order valence-corrected chi connectivity index (χ3v) is 3.01. The quantitative estimate of drug-likeness (QED) is 0.505. The van der Waals surface area contributed by atoms with E-state index in [1.807, 2.05) is 6.07 Å². The number of benzene rings is 2. The van der Waals surface area contributed by atoms with Crippen LogP contribution in [0.5, 0.6) is 0 Å². The number of carbonyl (C=O) groups excluding carboxylic acids is 2. The monoisotopic (exact) mass is 319 g/mol. The van der Waals surface area contributed by atoms with Crippen LogP contribution < -0.4 is 5.32 Å². The summed E-state index contributed by atoms with van der Waals surface area (Å²) >= 11 is 0. The lowest BCUT2D eigenvalue weighted by molar-refractivity contribution is 0.0508. The third-order valence-electron chi connectivity index (χ3n) is 3.01. The SMILES string of the molecule is CNCCOC(=O)c1ccccc1C(=O)c1ccccc1.Cl. The number of ketones is 1. The number of rotatable bonds is 6. The van der Waals surface area contributed by atoms with Gasteiger partial charge in [-0.1, -0.05) is 48.5 Å². The Bertz CT molecular complexity index is 629. The fraction of sp³-hybridized carbons (Fsp3) is 0.176. The average Bonchev–Trinajstić information content (AvgIpc) is 2.55. The van der Waals surface area contributed by atoms with Gasteiger partial charge < -0.3 is 10.1 Å². The molecule has 0 atom stereocenters. The molecule has 116 valence electrons. The molecule has 0 aliphatic rings. The molecule has 22 heavy (non-hydrogen) atoms. The predicted octanol–water partition coefficient (Wildman–Crippen LogP) is 2.72. The van der Waals surface area contributed by atoms with E-state index < -0.39 is 5.97 Å². The van der Waals surface area contributed by atoms with Gasteiger partial charge in [0.1, 0.15) is 6.61 Å². The van der Waals surface area contributed by atoms with E-state index in [9.17, 15) is 9.59 Å². The summed E-state index contributed by atoms with van der Waals surface area (Å²) in [6, 6.07) is 15.6. The summed E-state index contributed by atoms with van der Waals surface area (Å²) < 4.78 is 5.14. The molecular weight excluding hydrogens is 302 g/mol. The maximum atomic E-state index is 12.5. The smallest absolute Gasteiger partial charge is 0.338 e. The maximum absolute atomic E-state index is 12.5. The summed E-state index contributed by atoms with van der Waals surface area (Å²) in [4.78, 5) is 24.6. The molecule has 4 nitrogen and oxygen atoms in total. The normalized spacial score (nSPS) is 9.68. The molecule has 0 spiro atoms. The van der Waals surface area contributed by atoms with Gasteiger partial charge in [-0.3, -0.25) is 4.79 Å². The van der Waals surface area contributed by atoms with Crippen LogP contribution in [0.3, 0.4) is 0 Å². The van der Waals surface area contributed by atoms with E-state index in [4.69, 9.17) is 4.74 Å². The van der Waals surface area contributed by atoms with Gasteiger partial charge in [-0.25, -0.2) is 4.79 Å². The number of nitrogens with one attached hydrogen (secondary N) is 1. The number of carbonyl (C=O) groups is 2. The van der Waals surface area contributed by atoms with Gasteiger partial charge in [0, 0.05) is 17.7 Å². The molecule has 0 aliphatic carbocycles. The minimum absolute atomic E-state index is 0. The van der Waals surface area contributed by atoms with Crippen LogP contribution >= 0.6 is 12.4 Å². The Morgan fingerprint density at radius 2 is 1.55 bits per heavy atom. The number of esters is 1. The number of hydrogen-bond acceptors (Lipinski definition) is 4. The first-order valence-electron chi connectivity index (χ1n) is 6.74. The molecule has 0 aromatic heterocycles. The Balaban J connectivity index is 0.00000242. The fourth-order valence-electron chi connectivity index (χ4n) is 1.93. The fourth-order valence-corrected chi connectivity index (χ4v) is 1.93. The zero-order valence-electron chi connectivity index (χ0n) is 12.2. The Kier molecular flexibility index (Phi) is 7.29. The van der Waals surface area contributed by atoms with E-state index in [1.165, 1.54) is 0 Å². The van der Waals surface area contributed by atoms with Gasteiger partial charge in [0.25, 0.3) is 0 Å². The second kappa shape index (κ2) is 8.97. The van der Waals surface area contributed by atoms with Crippen LogP contribution in [0.4, 0.5) is 0 Å². The largest absolute Gasteiger partial charge is 0.461 e. The van der Waals surface area contributed by atoms with E-state index >= 15 is 0 Å². The summed E-state index contributed by atoms with van der Waals surface area (Å²) in [5.74, 6) is -0.665. The van der Waals surface area contributed by atoms with Crippen LogP contribution in [0.2, 0.25) is 0 Å². The molecule has 2 aromatic carbocycles. The van der Waals surface area contributed by atoms with E-state index in [-0.39, 0.29) is 24.8 Å². The molecule has 2 aromatic rings. The molecule has 1 N–H and O–H groups in total. The van der Waals surface area contributed by atoms with Crippen LogP contribution in [0, 0.1) is 0 Å². The lowest BCUT2D eigenvalue weighted by Crippen LogP contribution is -2.19. The zero-order chi connectivity index (χ0) is 15.1. The summed E-state index contributed by atoms with van der Waals surface area (Å²) in [5, 5.41) is 2.89. The number of ether oxygens (including phenoxy) is 1. The molecule has 0 fully saturated rings. The van der Waals surface area contributed by atoms with Crippen LogP contribution in [0.15, 0.2) is 54.6 Å². The summed E-state index contributed by atoms with van der Waals surface area (Å²) in [5.41, 5.74) is 1.20. The lowest BCUT2D eigenvalue weighted by atomic mass is 9.98. The summed E-state index contributed by atoms with van der Waals surface area (Å²) in [6.45, 7) is 0.837. The van der Waals surface area contributed by atoms with Crippen molar-refractivity contribution in [3.63, 3.8) is 0 Å². The molecule has 0 unspecified atom stereocenters. The van der Waals surface area contributed by atoms with Gasteiger partial charge >= 0.3 is 5.97 Å². The lowest BCUT2D eigenvalue weighted by Gasteiger charge is -2.09. The maximum Gasteiger partial charge on any atom is 0.338 e. The van der Waals surface area contributed by atoms with E-state index in [0.717, 1.165) is 0 Å². The highest BCUT2D eigenvalue weighted by Gasteiger charge is 2.18. The Morgan fingerprint density at radius 3 is 2.18 bits per heavy atom. The third kappa shape index (κ3) is 4.41. The van der Waals surface area contributed by atoms with E-state index in [2.05, 4.69) is 5.32 Å². The molecule has 0 saturated carbocycles. The summed E-state index contributed by atoms with van der Waals surface area (Å²) in [7, 11) is 1.78. The highest BCUT2D eigenvalue weighted by molar-refractivity contribution is 6.14. The molecule has 0 saturated heterocycles. The molecule has 0 amide bonds. The van der Waals surface area contributed by atoms with Crippen molar-refractivity contribution < 1.29 is 14.3 Å². The van der Waals surface area contributed by atoms with Crippen molar-refractivity contribution in [3.8, 4) is 0 Å². The highest BCUT2D eigenvalue weighted by atomic mass is 35.5. The van der Waals surface area contributed by atoms with Gasteiger partial charge in [-0.05, 0) is 13.1 Å². The van der Waals surface area contributed by atoms with E-state index in [1.54, 1.807) is 55.6 Å². The standard InChI is InChI=1S/C17H17NO3.ClH/c1-18-11-12-21-17(20)15-10-6-5-9-14(15)16(19)13-7-3-2-4-8-13;/h2-10,18H,11-12H2,1H3;1H. The molecule has 0 radical (unpaired) electrons. The van der Waals surface area contributed by atoms with Crippen molar-refractivity contribution in [2.24, 2.45) is 0 Å². The van der Waals surface area contributed by atoms with Crippen LogP contribution in [0.25, 0.3) is 0 Å². The molecule has 0 heterocycles. The van der Waals surface area contributed by atoms with Gasteiger partial charge in [-0.15, -0.1) is 12.4 Å². The highest BCUT2D eigenvalue weighted by Crippen LogP contribution is 2.15. The zero-order valence-corrected chi connectivity index (χ0v) is 13.1. The van der Waals surface area contributed by atoms with Gasteiger partial charge in [0.2, 0.25) is 0 Å².